The SMILES string of the molecule is CC(=O)N1CCN(c2ncnc3[nH]cc(-c4cccc(Cl)c4)c23)CC1. The number of piperazine rings is 1. The summed E-state index contributed by atoms with van der Waals surface area (Å²) in [5.74, 6) is 1.01. The van der Waals surface area contributed by atoms with Crippen LogP contribution in [0.4, 0.5) is 5.82 Å². The number of nitrogens with one attached hydrogen (secondary N) is 1. The highest BCUT2D eigenvalue weighted by molar-refractivity contribution is 6.31. The Morgan fingerprint density at radius 1 is 1.20 bits per heavy atom. The maximum absolute atomic E-state index is 11.5. The number of benzene rings is 1. The number of hydrogen-bond donors (Lipinski definition) is 1. The van der Waals surface area contributed by atoms with Gasteiger partial charge in [0, 0.05) is 49.9 Å². The van der Waals surface area contributed by atoms with Gasteiger partial charge in [0.25, 0.3) is 0 Å². The standard InChI is InChI=1S/C18H18ClN5O/c1-12(25)23-5-7-24(8-6-23)18-16-15(10-20-17(16)21-11-22-18)13-3-2-4-14(19)9-13/h2-4,9-11H,5-8H2,1H3,(H,20,21,22). The van der Waals surface area contributed by atoms with E-state index < -0.39 is 0 Å². The van der Waals surface area contributed by atoms with E-state index in [2.05, 4.69) is 19.9 Å². The molecular formula is C18H18ClN5O. The summed E-state index contributed by atoms with van der Waals surface area (Å²) in [4.78, 5) is 27.8. The van der Waals surface area contributed by atoms with Crippen molar-refractivity contribution in [3.05, 3.63) is 41.8 Å². The Kier molecular flexibility index (Phi) is 4.05. The van der Waals surface area contributed by atoms with Crippen molar-refractivity contribution < 1.29 is 4.79 Å². The van der Waals surface area contributed by atoms with E-state index >= 15 is 0 Å². The average Bonchev–Trinajstić information content (AvgIpc) is 3.06. The summed E-state index contributed by atoms with van der Waals surface area (Å²) in [6.45, 7) is 4.54. The van der Waals surface area contributed by atoms with Gasteiger partial charge in [0.15, 0.2) is 0 Å². The molecule has 3 heterocycles. The minimum Gasteiger partial charge on any atom is -0.352 e. The molecule has 0 atom stereocenters. The molecule has 7 heteroatoms. The van der Waals surface area contributed by atoms with E-state index in [0.29, 0.717) is 18.1 Å². The Hall–Kier alpha value is -2.60. The number of rotatable bonds is 2. The molecule has 0 bridgehead atoms. The van der Waals surface area contributed by atoms with Gasteiger partial charge in [0.2, 0.25) is 5.91 Å². The molecule has 1 aliphatic heterocycles. The van der Waals surface area contributed by atoms with Crippen LogP contribution in [0.2, 0.25) is 5.02 Å². The lowest BCUT2D eigenvalue weighted by molar-refractivity contribution is -0.129. The quantitative estimate of drug-likeness (QED) is 0.767. The van der Waals surface area contributed by atoms with Crippen LogP contribution >= 0.6 is 11.6 Å². The zero-order valence-corrected chi connectivity index (χ0v) is 14.6. The van der Waals surface area contributed by atoms with Crippen molar-refractivity contribution in [2.24, 2.45) is 0 Å². The van der Waals surface area contributed by atoms with Crippen LogP contribution < -0.4 is 4.90 Å². The predicted octanol–water partition coefficient (Wildman–Crippen LogP) is 2.95. The molecule has 1 aliphatic rings. The third kappa shape index (κ3) is 2.93. The fourth-order valence-corrected chi connectivity index (χ4v) is 3.49. The summed E-state index contributed by atoms with van der Waals surface area (Å²) in [7, 11) is 0. The second kappa shape index (κ2) is 6.37. The van der Waals surface area contributed by atoms with Gasteiger partial charge in [-0.1, -0.05) is 23.7 Å². The Morgan fingerprint density at radius 3 is 2.72 bits per heavy atom. The Balaban J connectivity index is 1.75. The molecule has 0 spiro atoms. The fraction of sp³-hybridized carbons (Fsp3) is 0.278. The van der Waals surface area contributed by atoms with E-state index in [-0.39, 0.29) is 5.91 Å². The summed E-state index contributed by atoms with van der Waals surface area (Å²) in [5, 5.41) is 1.68. The van der Waals surface area contributed by atoms with Crippen LogP contribution in [0.25, 0.3) is 22.2 Å². The van der Waals surface area contributed by atoms with Gasteiger partial charge >= 0.3 is 0 Å². The first kappa shape index (κ1) is 15.9. The van der Waals surface area contributed by atoms with Crippen LogP contribution in [0.3, 0.4) is 0 Å². The van der Waals surface area contributed by atoms with Gasteiger partial charge in [-0.2, -0.15) is 0 Å². The molecule has 2 aromatic heterocycles. The van der Waals surface area contributed by atoms with Crippen LogP contribution in [0, 0.1) is 0 Å². The highest BCUT2D eigenvalue weighted by Crippen LogP contribution is 2.34. The number of amides is 1. The fourth-order valence-electron chi connectivity index (χ4n) is 3.30. The highest BCUT2D eigenvalue weighted by atomic mass is 35.5. The molecule has 0 unspecified atom stereocenters. The molecule has 1 fully saturated rings. The number of halogens is 1. The Bertz CT molecular complexity index is 930. The highest BCUT2D eigenvalue weighted by Gasteiger charge is 2.23. The molecule has 0 radical (unpaired) electrons. The van der Waals surface area contributed by atoms with Gasteiger partial charge in [0.1, 0.15) is 17.8 Å². The van der Waals surface area contributed by atoms with E-state index in [1.807, 2.05) is 35.4 Å². The second-order valence-corrected chi connectivity index (χ2v) is 6.56. The average molecular weight is 356 g/mol. The van der Waals surface area contributed by atoms with Crippen molar-refractivity contribution in [1.29, 1.82) is 0 Å². The van der Waals surface area contributed by atoms with Crippen molar-refractivity contribution in [3.8, 4) is 11.1 Å². The summed E-state index contributed by atoms with van der Waals surface area (Å²) < 4.78 is 0. The van der Waals surface area contributed by atoms with E-state index in [1.54, 1.807) is 13.3 Å². The topological polar surface area (TPSA) is 65.1 Å². The molecule has 1 saturated heterocycles. The molecule has 0 saturated carbocycles. The van der Waals surface area contributed by atoms with Crippen LogP contribution in [-0.4, -0.2) is 51.9 Å². The molecule has 6 nitrogen and oxygen atoms in total. The van der Waals surface area contributed by atoms with Crippen molar-refractivity contribution in [3.63, 3.8) is 0 Å². The van der Waals surface area contributed by atoms with Crippen LogP contribution in [-0.2, 0) is 4.79 Å². The van der Waals surface area contributed by atoms with Crippen molar-refractivity contribution in [2.45, 2.75) is 6.92 Å². The van der Waals surface area contributed by atoms with E-state index in [4.69, 9.17) is 11.6 Å². The number of aromatic nitrogens is 3. The number of carbonyl (C=O) groups excluding carboxylic acids is 1. The molecule has 4 rings (SSSR count). The Morgan fingerprint density at radius 2 is 2.00 bits per heavy atom. The van der Waals surface area contributed by atoms with Crippen molar-refractivity contribution in [2.75, 3.05) is 31.1 Å². The van der Waals surface area contributed by atoms with E-state index in [9.17, 15) is 4.79 Å². The molecule has 3 aromatic rings. The molecular weight excluding hydrogens is 338 g/mol. The molecule has 0 aliphatic carbocycles. The van der Waals surface area contributed by atoms with E-state index in [0.717, 1.165) is 41.1 Å². The first-order valence-electron chi connectivity index (χ1n) is 8.22. The monoisotopic (exact) mass is 355 g/mol. The minimum atomic E-state index is 0.119. The zero-order chi connectivity index (χ0) is 17.4. The first-order chi connectivity index (χ1) is 12.1. The number of aromatic amines is 1. The lowest BCUT2D eigenvalue weighted by Gasteiger charge is -2.35. The Labute approximate surface area is 150 Å². The number of carbonyl (C=O) groups is 1. The van der Waals surface area contributed by atoms with E-state index in [1.165, 1.54) is 0 Å². The maximum atomic E-state index is 11.5. The summed E-state index contributed by atoms with van der Waals surface area (Å²) in [6.07, 6.45) is 3.52. The van der Waals surface area contributed by atoms with Crippen LogP contribution in [0.1, 0.15) is 6.92 Å². The summed E-state index contributed by atoms with van der Waals surface area (Å²) >= 11 is 6.16. The largest absolute Gasteiger partial charge is 0.352 e. The van der Waals surface area contributed by atoms with Gasteiger partial charge in [-0.05, 0) is 17.7 Å². The smallest absolute Gasteiger partial charge is 0.219 e. The third-order valence-corrected chi connectivity index (χ3v) is 4.85. The molecule has 1 amide bonds. The van der Waals surface area contributed by atoms with Gasteiger partial charge in [-0.15, -0.1) is 0 Å². The number of hydrogen-bond acceptors (Lipinski definition) is 4. The van der Waals surface area contributed by atoms with Crippen LogP contribution in [0.5, 0.6) is 0 Å². The zero-order valence-electron chi connectivity index (χ0n) is 13.9. The molecule has 1 aromatic carbocycles. The van der Waals surface area contributed by atoms with Gasteiger partial charge in [0.05, 0.1) is 5.39 Å². The lowest BCUT2D eigenvalue weighted by Crippen LogP contribution is -2.48. The van der Waals surface area contributed by atoms with Crippen molar-refractivity contribution in [1.82, 2.24) is 19.9 Å². The predicted molar refractivity (Wildman–Crippen MR) is 98.8 cm³/mol. The minimum absolute atomic E-state index is 0.119. The number of H-pyrrole nitrogens is 1. The maximum Gasteiger partial charge on any atom is 0.219 e. The van der Waals surface area contributed by atoms with Gasteiger partial charge in [-0.3, -0.25) is 4.79 Å². The summed E-state index contributed by atoms with van der Waals surface area (Å²) in [5.41, 5.74) is 2.85. The normalized spacial score (nSPS) is 15.0. The lowest BCUT2D eigenvalue weighted by atomic mass is 10.1. The molecule has 25 heavy (non-hydrogen) atoms. The molecule has 1 N–H and O–H groups in total. The van der Waals surface area contributed by atoms with Gasteiger partial charge < -0.3 is 14.8 Å². The van der Waals surface area contributed by atoms with Crippen molar-refractivity contribution >= 4 is 34.4 Å². The third-order valence-electron chi connectivity index (χ3n) is 4.61. The number of nitrogens with zero attached hydrogens (tertiary/aromatic N) is 4. The first-order valence-corrected chi connectivity index (χ1v) is 8.60. The van der Waals surface area contributed by atoms with Crippen LogP contribution in [0.15, 0.2) is 36.8 Å². The molecule has 128 valence electrons. The second-order valence-electron chi connectivity index (χ2n) is 6.13. The van der Waals surface area contributed by atoms with Gasteiger partial charge in [-0.25, -0.2) is 9.97 Å². The number of anilines is 1. The summed E-state index contributed by atoms with van der Waals surface area (Å²) in [6, 6.07) is 7.76. The number of fused-ring (bicyclic) bond motifs is 1.